The zero-order valence-electron chi connectivity index (χ0n) is 10.8. The van der Waals surface area contributed by atoms with Crippen LogP contribution in [0.25, 0.3) is 5.65 Å². The van der Waals surface area contributed by atoms with E-state index in [0.717, 1.165) is 10.0 Å². The summed E-state index contributed by atoms with van der Waals surface area (Å²) >= 11 is 3.36. The second kappa shape index (κ2) is 5.61. The van der Waals surface area contributed by atoms with Gasteiger partial charge < -0.3 is 5.32 Å². The molecule has 0 aliphatic heterocycles. The summed E-state index contributed by atoms with van der Waals surface area (Å²) in [6.07, 6.45) is 3.51. The first-order valence-corrected chi connectivity index (χ1v) is 6.94. The van der Waals surface area contributed by atoms with Crippen molar-refractivity contribution in [1.29, 1.82) is 0 Å². The Bertz CT molecular complexity index is 800. The van der Waals surface area contributed by atoms with Crippen molar-refractivity contribution in [3.8, 4) is 0 Å². The first kappa shape index (κ1) is 13.7. The van der Waals surface area contributed by atoms with Gasteiger partial charge in [0, 0.05) is 10.7 Å². The average Bonchev–Trinajstić information content (AvgIpc) is 2.89. The van der Waals surface area contributed by atoms with Crippen LogP contribution in [0.15, 0.2) is 47.3 Å². The number of halogens is 2. The Morgan fingerprint density at radius 3 is 2.86 bits per heavy atom. The summed E-state index contributed by atoms with van der Waals surface area (Å²) in [4.78, 5) is 12.1. The van der Waals surface area contributed by atoms with Crippen LogP contribution in [-0.4, -0.2) is 20.5 Å². The molecule has 0 atom stereocenters. The molecule has 3 rings (SSSR count). The highest BCUT2D eigenvalue weighted by atomic mass is 79.9. The van der Waals surface area contributed by atoms with Crippen molar-refractivity contribution in [2.24, 2.45) is 0 Å². The number of carbonyl (C=O) groups excluding carboxylic acids is 1. The lowest BCUT2D eigenvalue weighted by Gasteiger charge is -2.07. The van der Waals surface area contributed by atoms with Gasteiger partial charge in [0.05, 0.1) is 12.1 Å². The van der Waals surface area contributed by atoms with E-state index in [-0.39, 0.29) is 18.1 Å². The zero-order valence-corrected chi connectivity index (χ0v) is 12.3. The Morgan fingerprint density at radius 1 is 1.33 bits per heavy atom. The van der Waals surface area contributed by atoms with Crippen LogP contribution in [0.1, 0.15) is 5.56 Å². The van der Waals surface area contributed by atoms with E-state index in [1.165, 1.54) is 12.1 Å². The fourth-order valence-electron chi connectivity index (χ4n) is 1.98. The quantitative estimate of drug-likeness (QED) is 0.791. The molecule has 0 saturated heterocycles. The predicted octanol–water partition coefficient (Wildman–Crippen LogP) is 2.81. The van der Waals surface area contributed by atoms with Crippen LogP contribution in [0.3, 0.4) is 0 Å². The van der Waals surface area contributed by atoms with Gasteiger partial charge in [0.15, 0.2) is 5.65 Å². The van der Waals surface area contributed by atoms with E-state index >= 15 is 0 Å². The Labute approximate surface area is 127 Å². The number of pyridine rings is 1. The van der Waals surface area contributed by atoms with Crippen LogP contribution in [0, 0.1) is 5.82 Å². The lowest BCUT2D eigenvalue weighted by Crippen LogP contribution is -2.15. The lowest BCUT2D eigenvalue weighted by molar-refractivity contribution is -0.115. The number of nitrogens with one attached hydrogen (secondary N) is 1. The van der Waals surface area contributed by atoms with Gasteiger partial charge in [-0.05, 0) is 39.7 Å². The standard InChI is InChI=1S/C14H10BrFN4O/c15-10-6-12(14-19-17-8-20(14)7-10)18-13(21)5-9-1-3-11(16)4-2-9/h1-4,6-8H,5H2,(H,18,21). The van der Waals surface area contributed by atoms with E-state index < -0.39 is 0 Å². The summed E-state index contributed by atoms with van der Waals surface area (Å²) in [5, 5.41) is 10.6. The summed E-state index contributed by atoms with van der Waals surface area (Å²) in [5.74, 6) is -0.527. The molecule has 1 N–H and O–H groups in total. The van der Waals surface area contributed by atoms with Crippen LogP contribution in [-0.2, 0) is 11.2 Å². The molecular weight excluding hydrogens is 339 g/mol. The summed E-state index contributed by atoms with van der Waals surface area (Å²) in [7, 11) is 0. The highest BCUT2D eigenvalue weighted by molar-refractivity contribution is 9.10. The molecule has 0 bridgehead atoms. The molecule has 0 aliphatic rings. The van der Waals surface area contributed by atoms with Gasteiger partial charge in [0.1, 0.15) is 12.1 Å². The zero-order chi connectivity index (χ0) is 14.8. The molecule has 7 heteroatoms. The van der Waals surface area contributed by atoms with Crippen molar-refractivity contribution in [3.05, 3.63) is 58.7 Å². The van der Waals surface area contributed by atoms with E-state index in [0.29, 0.717) is 11.3 Å². The molecule has 2 heterocycles. The normalized spacial score (nSPS) is 10.8. The Hall–Kier alpha value is -2.28. The first-order chi connectivity index (χ1) is 10.1. The summed E-state index contributed by atoms with van der Waals surface area (Å²) in [5.41, 5.74) is 1.86. The maximum atomic E-state index is 12.8. The van der Waals surface area contributed by atoms with Crippen LogP contribution in [0.5, 0.6) is 0 Å². The molecule has 106 valence electrons. The molecule has 0 spiro atoms. The Balaban J connectivity index is 1.80. The molecule has 0 radical (unpaired) electrons. The minimum Gasteiger partial charge on any atom is -0.323 e. The van der Waals surface area contributed by atoms with Crippen molar-refractivity contribution in [1.82, 2.24) is 14.6 Å². The average molecular weight is 349 g/mol. The number of anilines is 1. The van der Waals surface area contributed by atoms with Crippen LogP contribution >= 0.6 is 15.9 Å². The molecule has 21 heavy (non-hydrogen) atoms. The van der Waals surface area contributed by atoms with Crippen LogP contribution < -0.4 is 5.32 Å². The third kappa shape index (κ3) is 3.08. The van der Waals surface area contributed by atoms with Gasteiger partial charge in [-0.3, -0.25) is 9.20 Å². The van der Waals surface area contributed by atoms with Gasteiger partial charge in [0.2, 0.25) is 5.91 Å². The van der Waals surface area contributed by atoms with Crippen molar-refractivity contribution in [3.63, 3.8) is 0 Å². The largest absolute Gasteiger partial charge is 0.323 e. The molecule has 0 fully saturated rings. The van der Waals surface area contributed by atoms with Crippen molar-refractivity contribution in [2.45, 2.75) is 6.42 Å². The van der Waals surface area contributed by atoms with Crippen LogP contribution in [0.2, 0.25) is 0 Å². The predicted molar refractivity (Wildman–Crippen MR) is 79.4 cm³/mol. The fourth-order valence-corrected chi connectivity index (χ4v) is 2.43. The van der Waals surface area contributed by atoms with Gasteiger partial charge in [0.25, 0.3) is 0 Å². The fraction of sp³-hybridized carbons (Fsp3) is 0.0714. The Kier molecular flexibility index (Phi) is 3.66. The maximum absolute atomic E-state index is 12.8. The summed E-state index contributed by atoms with van der Waals surface area (Å²) < 4.78 is 15.3. The number of benzene rings is 1. The molecule has 2 aromatic heterocycles. The van der Waals surface area contributed by atoms with Gasteiger partial charge in [-0.25, -0.2) is 4.39 Å². The number of nitrogens with zero attached hydrogens (tertiary/aromatic N) is 3. The lowest BCUT2D eigenvalue weighted by atomic mass is 10.1. The molecule has 1 aromatic carbocycles. The maximum Gasteiger partial charge on any atom is 0.228 e. The number of amides is 1. The van der Waals surface area contributed by atoms with E-state index in [1.807, 2.05) is 0 Å². The topological polar surface area (TPSA) is 59.3 Å². The molecule has 1 amide bonds. The number of hydrogen-bond acceptors (Lipinski definition) is 3. The number of rotatable bonds is 3. The second-order valence-electron chi connectivity index (χ2n) is 4.49. The van der Waals surface area contributed by atoms with Crippen molar-refractivity contribution < 1.29 is 9.18 Å². The van der Waals surface area contributed by atoms with E-state index in [9.17, 15) is 9.18 Å². The molecule has 3 aromatic rings. The molecular formula is C14H10BrFN4O. The third-order valence-electron chi connectivity index (χ3n) is 2.91. The first-order valence-electron chi connectivity index (χ1n) is 6.15. The smallest absolute Gasteiger partial charge is 0.228 e. The molecule has 0 unspecified atom stereocenters. The number of hydrogen-bond donors (Lipinski definition) is 1. The van der Waals surface area contributed by atoms with Gasteiger partial charge >= 0.3 is 0 Å². The second-order valence-corrected chi connectivity index (χ2v) is 5.40. The van der Waals surface area contributed by atoms with Crippen molar-refractivity contribution in [2.75, 3.05) is 5.32 Å². The molecule has 0 saturated carbocycles. The van der Waals surface area contributed by atoms with Gasteiger partial charge in [-0.1, -0.05) is 12.1 Å². The minimum absolute atomic E-state index is 0.160. The number of carbonyl (C=O) groups is 1. The molecule has 5 nitrogen and oxygen atoms in total. The number of fused-ring (bicyclic) bond motifs is 1. The highest BCUT2D eigenvalue weighted by Crippen LogP contribution is 2.21. The highest BCUT2D eigenvalue weighted by Gasteiger charge is 2.10. The van der Waals surface area contributed by atoms with E-state index in [2.05, 4.69) is 31.4 Å². The minimum atomic E-state index is -0.323. The van der Waals surface area contributed by atoms with Crippen molar-refractivity contribution >= 4 is 33.2 Å². The van der Waals surface area contributed by atoms with E-state index in [4.69, 9.17) is 0 Å². The molecule has 0 aliphatic carbocycles. The summed E-state index contributed by atoms with van der Waals surface area (Å²) in [6.45, 7) is 0. The van der Waals surface area contributed by atoms with Gasteiger partial charge in [-0.2, -0.15) is 0 Å². The third-order valence-corrected chi connectivity index (χ3v) is 3.34. The van der Waals surface area contributed by atoms with Crippen LogP contribution in [0.4, 0.5) is 10.1 Å². The summed E-state index contributed by atoms with van der Waals surface area (Å²) in [6, 6.07) is 7.59. The Morgan fingerprint density at radius 2 is 2.10 bits per heavy atom. The number of aromatic nitrogens is 3. The monoisotopic (exact) mass is 348 g/mol. The van der Waals surface area contributed by atoms with E-state index in [1.54, 1.807) is 35.1 Å². The van der Waals surface area contributed by atoms with Gasteiger partial charge in [-0.15, -0.1) is 10.2 Å². The SMILES string of the molecule is O=C(Cc1ccc(F)cc1)Nc1cc(Br)cn2cnnc12.